The molecule has 0 amide bonds. The van der Waals surface area contributed by atoms with Crippen molar-refractivity contribution in [3.05, 3.63) is 76.5 Å². The van der Waals surface area contributed by atoms with Crippen molar-refractivity contribution in [3.8, 4) is 0 Å². The van der Waals surface area contributed by atoms with Crippen LogP contribution >= 0.6 is 0 Å². The highest BCUT2D eigenvalue weighted by Gasteiger charge is 2.21. The molecule has 0 bridgehead atoms. The molecule has 2 aromatic heterocycles. The summed E-state index contributed by atoms with van der Waals surface area (Å²) in [5, 5.41) is 14.5. The SMILES string of the molecule is Cc1cccc([C@@H](C)Nc2nncc3ccc(N4CCn5c(nc(C)c5C)C4)cc23)c1C. The van der Waals surface area contributed by atoms with E-state index >= 15 is 0 Å². The van der Waals surface area contributed by atoms with E-state index in [1.165, 1.54) is 28.1 Å². The minimum atomic E-state index is 0.131. The fraction of sp³-hybridized carbons (Fsp3) is 0.346. The molecule has 5 rings (SSSR count). The molecule has 4 aromatic rings. The molecular weight excluding hydrogens is 396 g/mol. The van der Waals surface area contributed by atoms with Crippen LogP contribution in [0.1, 0.15) is 46.9 Å². The van der Waals surface area contributed by atoms with Crippen LogP contribution in [0.15, 0.2) is 42.6 Å². The van der Waals surface area contributed by atoms with Gasteiger partial charge in [0.05, 0.1) is 24.5 Å². The summed E-state index contributed by atoms with van der Waals surface area (Å²) in [6.45, 7) is 13.5. The molecule has 1 aliphatic rings. The molecule has 2 aromatic carbocycles. The van der Waals surface area contributed by atoms with Gasteiger partial charge in [0.2, 0.25) is 0 Å². The molecule has 32 heavy (non-hydrogen) atoms. The zero-order valence-electron chi connectivity index (χ0n) is 19.5. The Balaban J connectivity index is 1.46. The molecule has 1 atom stereocenters. The Morgan fingerprint density at radius 2 is 1.88 bits per heavy atom. The van der Waals surface area contributed by atoms with Crippen LogP contribution in [0.3, 0.4) is 0 Å². The standard InChI is InChI=1S/C26H30N6/c1-16-7-6-8-23(17(16)2)19(4)29-26-24-13-22(10-9-21(24)14-27-30-26)31-11-12-32-20(5)18(3)28-25(32)15-31/h6-10,13-14,19H,11-12,15H2,1-5H3,(H,29,30)/t19-/m1/s1. The number of aromatic nitrogens is 4. The highest BCUT2D eigenvalue weighted by Crippen LogP contribution is 2.31. The predicted octanol–water partition coefficient (Wildman–Crippen LogP) is 5.25. The number of rotatable bonds is 4. The molecule has 6 nitrogen and oxygen atoms in total. The molecule has 0 aliphatic carbocycles. The summed E-state index contributed by atoms with van der Waals surface area (Å²) in [5.41, 5.74) is 7.50. The molecule has 3 heterocycles. The summed E-state index contributed by atoms with van der Waals surface area (Å²) in [4.78, 5) is 7.18. The molecular formula is C26H30N6. The third-order valence-corrected chi connectivity index (χ3v) is 6.94. The Morgan fingerprint density at radius 3 is 2.72 bits per heavy atom. The molecule has 0 saturated heterocycles. The van der Waals surface area contributed by atoms with Crippen LogP contribution in [0.25, 0.3) is 10.8 Å². The van der Waals surface area contributed by atoms with E-state index in [-0.39, 0.29) is 6.04 Å². The number of aryl methyl sites for hydroxylation is 2. The monoisotopic (exact) mass is 426 g/mol. The molecule has 0 fully saturated rings. The Kier molecular flexibility index (Phi) is 5.08. The van der Waals surface area contributed by atoms with Crippen molar-refractivity contribution in [2.24, 2.45) is 0 Å². The van der Waals surface area contributed by atoms with Gasteiger partial charge in [-0.05, 0) is 63.4 Å². The van der Waals surface area contributed by atoms with Crippen LogP contribution < -0.4 is 10.2 Å². The quantitative estimate of drug-likeness (QED) is 0.483. The lowest BCUT2D eigenvalue weighted by molar-refractivity contribution is 0.551. The lowest BCUT2D eigenvalue weighted by atomic mass is 9.98. The first-order valence-corrected chi connectivity index (χ1v) is 11.3. The van der Waals surface area contributed by atoms with Crippen molar-refractivity contribution in [2.45, 2.75) is 53.8 Å². The summed E-state index contributed by atoms with van der Waals surface area (Å²) in [6, 6.07) is 13.1. The number of fused-ring (bicyclic) bond motifs is 2. The number of imidazole rings is 1. The summed E-state index contributed by atoms with van der Waals surface area (Å²) in [6.07, 6.45) is 1.84. The zero-order valence-corrected chi connectivity index (χ0v) is 19.5. The van der Waals surface area contributed by atoms with Gasteiger partial charge < -0.3 is 14.8 Å². The van der Waals surface area contributed by atoms with Gasteiger partial charge in [-0.25, -0.2) is 4.98 Å². The number of benzene rings is 2. The van der Waals surface area contributed by atoms with Gasteiger partial charge in [0, 0.05) is 35.2 Å². The van der Waals surface area contributed by atoms with Gasteiger partial charge >= 0.3 is 0 Å². The van der Waals surface area contributed by atoms with Crippen LogP contribution in [0.5, 0.6) is 0 Å². The van der Waals surface area contributed by atoms with Gasteiger partial charge in [0.1, 0.15) is 5.82 Å². The Labute approximate surface area is 189 Å². The van der Waals surface area contributed by atoms with E-state index in [9.17, 15) is 0 Å². The minimum Gasteiger partial charge on any atom is -0.362 e. The first-order chi connectivity index (χ1) is 15.4. The maximum absolute atomic E-state index is 4.78. The topological polar surface area (TPSA) is 58.9 Å². The Morgan fingerprint density at radius 1 is 1.03 bits per heavy atom. The van der Waals surface area contributed by atoms with Gasteiger partial charge in [0.25, 0.3) is 0 Å². The van der Waals surface area contributed by atoms with E-state index < -0.39 is 0 Å². The summed E-state index contributed by atoms with van der Waals surface area (Å²) in [7, 11) is 0. The normalized spacial score (nSPS) is 14.5. The fourth-order valence-electron chi connectivity index (χ4n) is 4.73. The number of hydrogen-bond acceptors (Lipinski definition) is 5. The Hall–Kier alpha value is -3.41. The second kappa shape index (κ2) is 7.93. The molecule has 1 aliphatic heterocycles. The third-order valence-electron chi connectivity index (χ3n) is 6.94. The maximum atomic E-state index is 4.78. The second-order valence-corrected chi connectivity index (χ2v) is 8.89. The number of nitrogens with one attached hydrogen (secondary N) is 1. The fourth-order valence-corrected chi connectivity index (χ4v) is 4.73. The Bertz CT molecular complexity index is 1310. The lowest BCUT2D eigenvalue weighted by Gasteiger charge is -2.30. The molecule has 6 heteroatoms. The first-order valence-electron chi connectivity index (χ1n) is 11.3. The highest BCUT2D eigenvalue weighted by atomic mass is 15.2. The van der Waals surface area contributed by atoms with Gasteiger partial charge in [-0.1, -0.05) is 24.3 Å². The zero-order chi connectivity index (χ0) is 22.4. The van der Waals surface area contributed by atoms with Gasteiger partial charge in [-0.3, -0.25) is 0 Å². The number of hydrogen-bond donors (Lipinski definition) is 1. The number of nitrogens with zero attached hydrogens (tertiary/aromatic N) is 5. The van der Waals surface area contributed by atoms with Crippen molar-refractivity contribution in [2.75, 3.05) is 16.8 Å². The molecule has 0 spiro atoms. The van der Waals surface area contributed by atoms with E-state index in [1.807, 2.05) is 6.20 Å². The van der Waals surface area contributed by atoms with E-state index in [1.54, 1.807) is 0 Å². The molecule has 164 valence electrons. The highest BCUT2D eigenvalue weighted by molar-refractivity contribution is 5.93. The van der Waals surface area contributed by atoms with Crippen LogP contribution in [0, 0.1) is 27.7 Å². The average molecular weight is 427 g/mol. The van der Waals surface area contributed by atoms with E-state index in [4.69, 9.17) is 4.98 Å². The van der Waals surface area contributed by atoms with Gasteiger partial charge in [-0.2, -0.15) is 5.10 Å². The average Bonchev–Trinajstić information content (AvgIpc) is 3.08. The maximum Gasteiger partial charge on any atom is 0.157 e. The largest absolute Gasteiger partial charge is 0.362 e. The first kappa shape index (κ1) is 20.5. The minimum absolute atomic E-state index is 0.131. The van der Waals surface area contributed by atoms with Crippen LogP contribution in [0.4, 0.5) is 11.5 Å². The van der Waals surface area contributed by atoms with Crippen molar-refractivity contribution in [1.29, 1.82) is 0 Å². The molecule has 0 saturated carbocycles. The summed E-state index contributed by atoms with van der Waals surface area (Å²) >= 11 is 0. The van der Waals surface area contributed by atoms with Crippen molar-refractivity contribution >= 4 is 22.3 Å². The van der Waals surface area contributed by atoms with Gasteiger partial charge in [-0.15, -0.1) is 5.10 Å². The van der Waals surface area contributed by atoms with Crippen molar-refractivity contribution < 1.29 is 0 Å². The second-order valence-electron chi connectivity index (χ2n) is 8.89. The lowest BCUT2D eigenvalue weighted by Crippen LogP contribution is -2.34. The smallest absolute Gasteiger partial charge is 0.157 e. The molecule has 1 N–H and O–H groups in total. The van der Waals surface area contributed by atoms with E-state index in [0.29, 0.717) is 0 Å². The van der Waals surface area contributed by atoms with Crippen molar-refractivity contribution in [1.82, 2.24) is 19.7 Å². The van der Waals surface area contributed by atoms with E-state index in [2.05, 4.69) is 96.0 Å². The van der Waals surface area contributed by atoms with Crippen LogP contribution in [-0.2, 0) is 13.1 Å². The predicted molar refractivity (Wildman–Crippen MR) is 130 cm³/mol. The summed E-state index contributed by atoms with van der Waals surface area (Å²) < 4.78 is 2.34. The van der Waals surface area contributed by atoms with Gasteiger partial charge in [0.15, 0.2) is 5.82 Å². The summed E-state index contributed by atoms with van der Waals surface area (Å²) in [5.74, 6) is 1.96. The van der Waals surface area contributed by atoms with E-state index in [0.717, 1.165) is 47.7 Å². The van der Waals surface area contributed by atoms with Crippen molar-refractivity contribution in [3.63, 3.8) is 0 Å². The number of anilines is 2. The molecule has 0 radical (unpaired) electrons. The van der Waals surface area contributed by atoms with Crippen LogP contribution in [0.2, 0.25) is 0 Å². The third kappa shape index (κ3) is 3.49. The molecule has 0 unspecified atom stereocenters. The van der Waals surface area contributed by atoms with Crippen LogP contribution in [-0.4, -0.2) is 26.3 Å².